The van der Waals surface area contributed by atoms with Gasteiger partial charge in [0.15, 0.2) is 11.6 Å². The van der Waals surface area contributed by atoms with Gasteiger partial charge < -0.3 is 19.7 Å². The molecule has 0 aliphatic rings. The predicted molar refractivity (Wildman–Crippen MR) is 146 cm³/mol. The van der Waals surface area contributed by atoms with Gasteiger partial charge in [-0.3, -0.25) is 24.0 Å². The van der Waals surface area contributed by atoms with Gasteiger partial charge in [-0.1, -0.05) is 45.3 Å². The minimum atomic E-state index is -1.14. The number of ether oxygens (including phenoxy) is 1. The second-order valence-corrected chi connectivity index (χ2v) is 9.47. The van der Waals surface area contributed by atoms with Crippen LogP contribution >= 0.6 is 0 Å². The fraction of sp³-hybridized carbons (Fsp3) is 0.586. The van der Waals surface area contributed by atoms with E-state index in [0.717, 1.165) is 25.7 Å². The third-order valence-electron chi connectivity index (χ3n) is 6.49. The third kappa shape index (κ3) is 13.7. The summed E-state index contributed by atoms with van der Waals surface area (Å²) in [6, 6.07) is 2.13. The molecule has 0 aromatic carbocycles. The van der Waals surface area contributed by atoms with Gasteiger partial charge in [-0.2, -0.15) is 0 Å². The number of carboxylic acids is 1. The molecule has 0 radical (unpaired) electrons. The van der Waals surface area contributed by atoms with Crippen molar-refractivity contribution in [3.8, 4) is 0 Å². The lowest BCUT2D eigenvalue weighted by Gasteiger charge is -2.17. The minimum absolute atomic E-state index is 0.0523. The first-order chi connectivity index (χ1) is 18.6. The van der Waals surface area contributed by atoms with E-state index in [4.69, 9.17) is 9.84 Å². The summed E-state index contributed by atoms with van der Waals surface area (Å²) in [5.74, 6) is -2.16. The van der Waals surface area contributed by atoms with Gasteiger partial charge in [0, 0.05) is 37.1 Å². The van der Waals surface area contributed by atoms with E-state index in [9.17, 15) is 28.8 Å². The number of allylic oxidation sites excluding steroid dienone is 1. The highest BCUT2D eigenvalue weighted by molar-refractivity contribution is 5.91. The maximum Gasteiger partial charge on any atom is 0.330 e. The second-order valence-electron chi connectivity index (χ2n) is 9.47. The van der Waals surface area contributed by atoms with E-state index in [1.807, 2.05) is 0 Å². The fourth-order valence-electron chi connectivity index (χ4n) is 4.14. The quantitative estimate of drug-likeness (QED) is 0.187. The van der Waals surface area contributed by atoms with Crippen LogP contribution in [0, 0.1) is 5.92 Å². The lowest BCUT2D eigenvalue weighted by atomic mass is 9.96. The number of Topliss-reactive ketones (excluding diaryl/α,β-unsaturated/α-hetero) is 2. The topological polar surface area (TPSA) is 149 Å². The molecule has 1 amide bonds. The van der Waals surface area contributed by atoms with Crippen LogP contribution in [-0.4, -0.2) is 51.7 Å². The molecule has 10 nitrogen and oxygen atoms in total. The maximum absolute atomic E-state index is 13.1. The smallest absolute Gasteiger partial charge is 0.330 e. The number of esters is 1. The van der Waals surface area contributed by atoms with Gasteiger partial charge in [0.25, 0.3) is 5.56 Å². The van der Waals surface area contributed by atoms with Crippen LogP contribution in [-0.2, 0) is 41.7 Å². The molecular formula is C29H42N2O8. The number of nitrogens with zero attached hydrogens (tertiary/aromatic N) is 1. The van der Waals surface area contributed by atoms with Gasteiger partial charge in [-0.05, 0) is 38.2 Å². The van der Waals surface area contributed by atoms with Gasteiger partial charge in [0.05, 0.1) is 25.6 Å². The molecule has 0 aliphatic heterocycles. The van der Waals surface area contributed by atoms with Crippen LogP contribution in [0.15, 0.2) is 35.3 Å². The summed E-state index contributed by atoms with van der Waals surface area (Å²) >= 11 is 0. The Labute approximate surface area is 229 Å². The molecule has 0 spiro atoms. The van der Waals surface area contributed by atoms with E-state index >= 15 is 0 Å². The fourth-order valence-corrected chi connectivity index (χ4v) is 4.14. The summed E-state index contributed by atoms with van der Waals surface area (Å²) in [4.78, 5) is 73.1. The number of carbonyl (C=O) groups excluding carboxylic acids is 4. The van der Waals surface area contributed by atoms with Crippen LogP contribution in [0.3, 0.4) is 0 Å². The molecule has 1 atom stereocenters. The summed E-state index contributed by atoms with van der Waals surface area (Å²) in [6.07, 6.45) is 7.99. The van der Waals surface area contributed by atoms with Gasteiger partial charge in [0.2, 0.25) is 5.91 Å². The van der Waals surface area contributed by atoms with Crippen molar-refractivity contribution in [1.29, 1.82) is 0 Å². The van der Waals surface area contributed by atoms with Crippen LogP contribution in [0.25, 0.3) is 0 Å². The summed E-state index contributed by atoms with van der Waals surface area (Å²) in [7, 11) is 0. The number of nitrogens with one attached hydrogen (secondary N) is 1. The van der Waals surface area contributed by atoms with E-state index in [1.165, 1.54) is 29.0 Å². The maximum atomic E-state index is 13.1. The minimum Gasteiger partial charge on any atom is -0.481 e. The van der Waals surface area contributed by atoms with Crippen molar-refractivity contribution in [2.75, 3.05) is 6.61 Å². The Kier molecular flexibility index (Phi) is 16.0. The molecule has 0 fully saturated rings. The highest BCUT2D eigenvalue weighted by Crippen LogP contribution is 2.16. The van der Waals surface area contributed by atoms with E-state index in [2.05, 4.69) is 19.2 Å². The molecular weight excluding hydrogens is 504 g/mol. The zero-order valence-electron chi connectivity index (χ0n) is 23.3. The van der Waals surface area contributed by atoms with Crippen molar-refractivity contribution in [3.05, 3.63) is 46.4 Å². The van der Waals surface area contributed by atoms with E-state index in [1.54, 1.807) is 13.0 Å². The molecule has 1 heterocycles. The third-order valence-corrected chi connectivity index (χ3v) is 6.49. The van der Waals surface area contributed by atoms with Crippen LogP contribution in [0.5, 0.6) is 0 Å². The molecule has 1 aromatic rings. The van der Waals surface area contributed by atoms with Crippen LogP contribution in [0.2, 0.25) is 0 Å². The normalized spacial score (nSPS) is 11.9. The summed E-state index contributed by atoms with van der Waals surface area (Å²) < 4.78 is 6.11. The van der Waals surface area contributed by atoms with Gasteiger partial charge in [-0.15, -0.1) is 0 Å². The Morgan fingerprint density at radius 1 is 1.05 bits per heavy atom. The predicted octanol–water partition coefficient (Wildman–Crippen LogP) is 3.38. The standard InChI is InChI=1S/C29H42N2O8/c1-4-21(5-2)11-9-13-23(32)20-31-18-10-12-22(29(31)38)19-25(33)24(30-26(34)16-17-27(35)36)14-7-8-15-28(37)39-6-3/h8,10,12,15,18,21,24H,4-7,9,11,13-14,16-17,19-20H2,1-3H3,(H,30,34)(H,35,36)/b15-8+/t24-/m0/s1. The summed E-state index contributed by atoms with van der Waals surface area (Å²) in [6.45, 7) is 6.10. The highest BCUT2D eigenvalue weighted by atomic mass is 16.5. The first kappa shape index (κ1) is 33.5. The van der Waals surface area contributed by atoms with Gasteiger partial charge in [-0.25, -0.2) is 4.79 Å². The molecule has 0 unspecified atom stereocenters. The molecule has 2 N–H and O–H groups in total. The first-order valence-corrected chi connectivity index (χ1v) is 13.7. The van der Waals surface area contributed by atoms with Crippen LogP contribution in [0.1, 0.15) is 84.1 Å². The van der Waals surface area contributed by atoms with Crippen LogP contribution < -0.4 is 10.9 Å². The molecule has 1 aromatic heterocycles. The van der Waals surface area contributed by atoms with Crippen LogP contribution in [0.4, 0.5) is 0 Å². The number of aromatic nitrogens is 1. The Hall–Kier alpha value is -3.56. The summed E-state index contributed by atoms with van der Waals surface area (Å²) in [5, 5.41) is 11.4. The van der Waals surface area contributed by atoms with E-state index in [0.29, 0.717) is 12.3 Å². The van der Waals surface area contributed by atoms with Crippen molar-refractivity contribution < 1.29 is 33.8 Å². The Balaban J connectivity index is 2.88. The molecule has 0 bridgehead atoms. The zero-order valence-corrected chi connectivity index (χ0v) is 23.3. The number of aliphatic carboxylic acids is 1. The van der Waals surface area contributed by atoms with Crippen molar-refractivity contribution in [1.82, 2.24) is 9.88 Å². The number of amides is 1. The van der Waals surface area contributed by atoms with Crippen molar-refractivity contribution >= 4 is 29.4 Å². The molecule has 0 aliphatic carbocycles. The lowest BCUT2D eigenvalue weighted by Crippen LogP contribution is -2.42. The first-order valence-electron chi connectivity index (χ1n) is 13.7. The van der Waals surface area contributed by atoms with Gasteiger partial charge >= 0.3 is 11.9 Å². The number of carboxylic acid groups (broad SMARTS) is 1. The number of carbonyl (C=O) groups is 5. The second kappa shape index (κ2) is 18.7. The molecule has 0 saturated heterocycles. The number of hydrogen-bond donors (Lipinski definition) is 2. The summed E-state index contributed by atoms with van der Waals surface area (Å²) in [5.41, 5.74) is -0.253. The number of pyridine rings is 1. The molecule has 0 saturated carbocycles. The highest BCUT2D eigenvalue weighted by Gasteiger charge is 2.22. The molecule has 39 heavy (non-hydrogen) atoms. The average molecular weight is 547 g/mol. The molecule has 216 valence electrons. The van der Waals surface area contributed by atoms with Gasteiger partial charge in [0.1, 0.15) is 0 Å². The Morgan fingerprint density at radius 2 is 1.77 bits per heavy atom. The van der Waals surface area contributed by atoms with Crippen molar-refractivity contribution in [3.63, 3.8) is 0 Å². The average Bonchev–Trinajstić information content (AvgIpc) is 2.89. The Morgan fingerprint density at radius 3 is 2.41 bits per heavy atom. The number of hydrogen-bond acceptors (Lipinski definition) is 7. The lowest BCUT2D eigenvalue weighted by molar-refractivity contribution is -0.139. The Bertz CT molecular complexity index is 1060. The number of rotatable bonds is 20. The van der Waals surface area contributed by atoms with E-state index in [-0.39, 0.29) is 56.6 Å². The van der Waals surface area contributed by atoms with E-state index < -0.39 is 35.2 Å². The largest absolute Gasteiger partial charge is 0.481 e. The monoisotopic (exact) mass is 546 g/mol. The number of ketones is 2. The SMILES string of the molecule is CCOC(=O)/C=C/CC[C@H](NC(=O)CCC(=O)O)C(=O)Cc1cccn(CC(=O)CCCC(CC)CC)c1=O. The molecule has 10 heteroatoms. The zero-order chi connectivity index (χ0) is 29.2. The van der Waals surface area contributed by atoms with Crippen molar-refractivity contribution in [2.45, 2.75) is 97.6 Å². The van der Waals surface area contributed by atoms with Crippen molar-refractivity contribution in [2.24, 2.45) is 5.92 Å². The molecule has 1 rings (SSSR count).